The summed E-state index contributed by atoms with van der Waals surface area (Å²) in [7, 11) is 1.18. The number of esters is 1. The second-order valence-electron chi connectivity index (χ2n) is 4.61. The van der Waals surface area contributed by atoms with Gasteiger partial charge in [-0.25, -0.2) is 18.4 Å². The molecule has 0 atom stereocenters. The molecule has 2 rings (SSSR count). The minimum Gasteiger partial charge on any atom is -0.465 e. The van der Waals surface area contributed by atoms with E-state index in [0.29, 0.717) is 11.3 Å². The Balaban J connectivity index is 2.46. The summed E-state index contributed by atoms with van der Waals surface area (Å²) in [5.74, 6) is -1.67. The predicted octanol–water partition coefficient (Wildman–Crippen LogP) is 4.67. The van der Waals surface area contributed by atoms with E-state index in [1.165, 1.54) is 31.4 Å². The summed E-state index contributed by atoms with van der Waals surface area (Å²) in [5, 5.41) is -0.566. The zero-order chi connectivity index (χ0) is 17.7. The van der Waals surface area contributed by atoms with Crippen LogP contribution in [0.4, 0.5) is 13.6 Å². The highest BCUT2D eigenvalue weighted by molar-refractivity contribution is 8.13. The standard InChI is InChI=1S/C17H14F2O4S/c1-3-24-17(21)23-15-7-4-10(8-13(15)16(20)22-2)12-6-5-11(18)9-14(12)19/h4-9H,3H2,1-2H3. The first-order valence-corrected chi connectivity index (χ1v) is 7.97. The number of carbonyl (C=O) groups excluding carboxylic acids is 2. The van der Waals surface area contributed by atoms with Gasteiger partial charge in [0.25, 0.3) is 0 Å². The number of hydrogen-bond acceptors (Lipinski definition) is 5. The van der Waals surface area contributed by atoms with Crippen LogP contribution in [0.25, 0.3) is 11.1 Å². The van der Waals surface area contributed by atoms with Gasteiger partial charge in [0, 0.05) is 17.4 Å². The lowest BCUT2D eigenvalue weighted by molar-refractivity contribution is 0.0598. The Bertz CT molecular complexity index is 777. The molecular formula is C17H14F2O4S. The van der Waals surface area contributed by atoms with Crippen LogP contribution in [0, 0.1) is 11.6 Å². The summed E-state index contributed by atoms with van der Waals surface area (Å²) in [6.45, 7) is 1.79. The number of hydrogen-bond donors (Lipinski definition) is 0. The Morgan fingerprint density at radius 3 is 2.50 bits per heavy atom. The summed E-state index contributed by atoms with van der Waals surface area (Å²) in [5.41, 5.74) is 0.419. The van der Waals surface area contributed by atoms with Gasteiger partial charge in [-0.15, -0.1) is 0 Å². The van der Waals surface area contributed by atoms with Crippen molar-refractivity contribution >= 4 is 23.0 Å². The molecule has 0 fully saturated rings. The third-order valence-electron chi connectivity index (χ3n) is 3.08. The molecule has 0 amide bonds. The summed E-state index contributed by atoms with van der Waals surface area (Å²) in [6.07, 6.45) is 0. The Morgan fingerprint density at radius 2 is 1.88 bits per heavy atom. The third-order valence-corrected chi connectivity index (χ3v) is 3.69. The van der Waals surface area contributed by atoms with Gasteiger partial charge in [0.1, 0.15) is 22.9 Å². The highest BCUT2D eigenvalue weighted by Gasteiger charge is 2.18. The van der Waals surface area contributed by atoms with Crippen molar-refractivity contribution in [3.8, 4) is 16.9 Å². The molecule has 4 nitrogen and oxygen atoms in total. The first-order valence-electron chi connectivity index (χ1n) is 6.98. The van der Waals surface area contributed by atoms with E-state index in [4.69, 9.17) is 4.74 Å². The van der Waals surface area contributed by atoms with E-state index < -0.39 is 22.9 Å². The van der Waals surface area contributed by atoms with Crippen LogP contribution >= 0.6 is 11.8 Å². The fourth-order valence-electron chi connectivity index (χ4n) is 2.02. The molecule has 0 radical (unpaired) electrons. The molecule has 2 aromatic rings. The van der Waals surface area contributed by atoms with Crippen molar-refractivity contribution in [2.24, 2.45) is 0 Å². The SMILES string of the molecule is CCSC(=O)Oc1ccc(-c2ccc(F)cc2F)cc1C(=O)OC. The van der Waals surface area contributed by atoms with E-state index in [-0.39, 0.29) is 16.9 Å². The Labute approximate surface area is 141 Å². The number of rotatable bonds is 4. The molecule has 24 heavy (non-hydrogen) atoms. The van der Waals surface area contributed by atoms with Crippen molar-refractivity contribution in [2.45, 2.75) is 6.92 Å². The summed E-state index contributed by atoms with van der Waals surface area (Å²) < 4.78 is 36.7. The molecule has 0 saturated heterocycles. The second kappa shape index (κ2) is 7.92. The predicted molar refractivity (Wildman–Crippen MR) is 87.3 cm³/mol. The molecule has 0 aliphatic heterocycles. The van der Waals surface area contributed by atoms with Crippen LogP contribution in [0.2, 0.25) is 0 Å². The zero-order valence-electron chi connectivity index (χ0n) is 13.0. The molecule has 0 spiro atoms. The largest absolute Gasteiger partial charge is 0.465 e. The van der Waals surface area contributed by atoms with Gasteiger partial charge in [0.2, 0.25) is 0 Å². The summed E-state index contributed by atoms with van der Waals surface area (Å²) >= 11 is 0.944. The number of carbonyl (C=O) groups is 2. The third kappa shape index (κ3) is 4.11. The maximum absolute atomic E-state index is 13.9. The topological polar surface area (TPSA) is 52.6 Å². The Kier molecular flexibility index (Phi) is 5.92. The van der Waals surface area contributed by atoms with Crippen molar-refractivity contribution in [2.75, 3.05) is 12.9 Å². The first-order chi connectivity index (χ1) is 11.5. The van der Waals surface area contributed by atoms with Gasteiger partial charge in [-0.2, -0.15) is 0 Å². The van der Waals surface area contributed by atoms with E-state index in [1.807, 2.05) is 0 Å². The van der Waals surface area contributed by atoms with Crippen LogP contribution in [0.5, 0.6) is 5.75 Å². The van der Waals surface area contributed by atoms with Gasteiger partial charge in [0.15, 0.2) is 0 Å². The van der Waals surface area contributed by atoms with Crippen LogP contribution in [0.3, 0.4) is 0 Å². The molecule has 0 aliphatic carbocycles. The minimum atomic E-state index is -0.767. The smallest absolute Gasteiger partial charge is 0.372 e. The van der Waals surface area contributed by atoms with Gasteiger partial charge in [-0.3, -0.25) is 0 Å². The van der Waals surface area contributed by atoms with Gasteiger partial charge in [-0.05, 0) is 41.6 Å². The van der Waals surface area contributed by atoms with Crippen molar-refractivity contribution in [1.29, 1.82) is 0 Å². The van der Waals surface area contributed by atoms with Crippen LogP contribution in [0.1, 0.15) is 17.3 Å². The molecule has 0 aliphatic rings. The number of benzene rings is 2. The first kappa shape index (κ1) is 17.9. The lowest BCUT2D eigenvalue weighted by atomic mass is 10.0. The molecule has 2 aromatic carbocycles. The summed E-state index contributed by atoms with van der Waals surface area (Å²) in [6, 6.07) is 7.31. The number of halogens is 2. The van der Waals surface area contributed by atoms with Crippen molar-refractivity contribution in [1.82, 2.24) is 0 Å². The van der Waals surface area contributed by atoms with E-state index in [9.17, 15) is 18.4 Å². The molecular weight excluding hydrogens is 338 g/mol. The quantitative estimate of drug-likeness (QED) is 0.749. The number of thioether (sulfide) groups is 1. The highest BCUT2D eigenvalue weighted by atomic mass is 32.2. The van der Waals surface area contributed by atoms with Crippen LogP contribution < -0.4 is 4.74 Å². The average molecular weight is 352 g/mol. The number of ether oxygens (including phenoxy) is 2. The second-order valence-corrected chi connectivity index (χ2v) is 5.81. The fraction of sp³-hybridized carbons (Fsp3) is 0.176. The fourth-order valence-corrected chi connectivity index (χ4v) is 2.40. The van der Waals surface area contributed by atoms with Gasteiger partial charge in [-0.1, -0.05) is 13.0 Å². The molecule has 0 heterocycles. The maximum atomic E-state index is 13.9. The van der Waals surface area contributed by atoms with E-state index >= 15 is 0 Å². The van der Waals surface area contributed by atoms with Crippen molar-refractivity contribution in [3.63, 3.8) is 0 Å². The van der Waals surface area contributed by atoms with Gasteiger partial charge >= 0.3 is 11.3 Å². The van der Waals surface area contributed by atoms with Crippen LogP contribution in [-0.2, 0) is 4.74 Å². The summed E-state index contributed by atoms with van der Waals surface area (Å²) in [4.78, 5) is 23.5. The molecule has 0 aromatic heterocycles. The lowest BCUT2D eigenvalue weighted by Gasteiger charge is -2.11. The van der Waals surface area contributed by atoms with Crippen LogP contribution in [-0.4, -0.2) is 24.1 Å². The number of methoxy groups -OCH3 is 1. The highest BCUT2D eigenvalue weighted by Crippen LogP contribution is 2.30. The molecule has 0 N–H and O–H groups in total. The van der Waals surface area contributed by atoms with Gasteiger partial charge < -0.3 is 9.47 Å². The normalized spacial score (nSPS) is 10.3. The van der Waals surface area contributed by atoms with Crippen molar-refractivity contribution < 1.29 is 27.8 Å². The molecule has 7 heteroatoms. The molecule has 0 unspecified atom stereocenters. The van der Waals surface area contributed by atoms with Gasteiger partial charge in [0.05, 0.1) is 7.11 Å². The Hall–Kier alpha value is -2.41. The minimum absolute atomic E-state index is 0.0130. The lowest BCUT2D eigenvalue weighted by Crippen LogP contribution is -2.09. The average Bonchev–Trinajstić information content (AvgIpc) is 2.55. The molecule has 0 bridgehead atoms. The maximum Gasteiger partial charge on any atom is 0.372 e. The van der Waals surface area contributed by atoms with Crippen LogP contribution in [0.15, 0.2) is 36.4 Å². The Morgan fingerprint density at radius 1 is 1.12 bits per heavy atom. The zero-order valence-corrected chi connectivity index (χ0v) is 13.8. The monoisotopic (exact) mass is 352 g/mol. The molecule has 126 valence electrons. The van der Waals surface area contributed by atoms with E-state index in [0.717, 1.165) is 23.9 Å². The van der Waals surface area contributed by atoms with Crippen molar-refractivity contribution in [3.05, 3.63) is 53.6 Å². The van der Waals surface area contributed by atoms with E-state index in [2.05, 4.69) is 4.74 Å². The molecule has 0 saturated carbocycles. The van der Waals surface area contributed by atoms with E-state index in [1.54, 1.807) is 6.92 Å².